The highest BCUT2D eigenvalue weighted by molar-refractivity contribution is 6.30. The van der Waals surface area contributed by atoms with Gasteiger partial charge in [-0.25, -0.2) is 4.79 Å². The fraction of sp³-hybridized carbons (Fsp3) is 0.182. The van der Waals surface area contributed by atoms with E-state index in [4.69, 9.17) is 21.4 Å². The zero-order valence-corrected chi connectivity index (χ0v) is 10.5. The number of halogens is 1. The highest BCUT2D eigenvalue weighted by Gasteiger charge is 2.17. The summed E-state index contributed by atoms with van der Waals surface area (Å²) in [5, 5.41) is 17.4. The second-order valence-electron chi connectivity index (χ2n) is 3.54. The van der Waals surface area contributed by atoms with Crippen LogP contribution in [-0.4, -0.2) is 33.2 Å². The normalized spacial score (nSPS) is 10.4. The molecule has 6 nitrogen and oxygen atoms in total. The molecule has 94 valence electrons. The summed E-state index contributed by atoms with van der Waals surface area (Å²) in [5.41, 5.74) is 0.710. The van der Waals surface area contributed by atoms with Gasteiger partial charge in [-0.2, -0.15) is 5.10 Å². The molecule has 1 heterocycles. The van der Waals surface area contributed by atoms with Gasteiger partial charge in [-0.1, -0.05) is 11.6 Å². The van der Waals surface area contributed by atoms with E-state index in [9.17, 15) is 4.79 Å². The Bertz CT molecular complexity index is 610. The molecule has 0 saturated heterocycles. The molecule has 1 aromatic heterocycles. The molecule has 2 rings (SSSR count). The van der Waals surface area contributed by atoms with Crippen LogP contribution in [0.25, 0.3) is 5.69 Å². The molecule has 0 bridgehead atoms. The minimum Gasteiger partial charge on any atom is -0.494 e. The summed E-state index contributed by atoms with van der Waals surface area (Å²) in [7, 11) is 1.50. The third kappa shape index (κ3) is 2.14. The third-order valence-corrected chi connectivity index (χ3v) is 2.58. The maximum absolute atomic E-state index is 10.9. The molecule has 0 unspecified atom stereocenters. The Morgan fingerprint density at radius 2 is 2.17 bits per heavy atom. The van der Waals surface area contributed by atoms with Gasteiger partial charge < -0.3 is 9.84 Å². The molecule has 18 heavy (non-hydrogen) atoms. The van der Waals surface area contributed by atoms with E-state index >= 15 is 0 Å². The van der Waals surface area contributed by atoms with E-state index in [1.807, 2.05) is 0 Å². The van der Waals surface area contributed by atoms with Gasteiger partial charge >= 0.3 is 5.97 Å². The van der Waals surface area contributed by atoms with Crippen molar-refractivity contribution in [3.63, 3.8) is 0 Å². The number of nitrogens with zero attached hydrogens (tertiary/aromatic N) is 3. The molecule has 7 heteroatoms. The molecule has 2 aromatic rings. The van der Waals surface area contributed by atoms with Gasteiger partial charge in [-0.05, 0) is 25.1 Å². The number of hydrogen-bond acceptors (Lipinski definition) is 4. The Balaban J connectivity index is 2.58. The molecule has 1 N–H and O–H groups in total. The van der Waals surface area contributed by atoms with Crippen LogP contribution in [0.3, 0.4) is 0 Å². The second-order valence-corrected chi connectivity index (χ2v) is 3.98. The standard InChI is InChI=1S/C11H10ClN3O3/c1-6-10(11(16)17)14-15(13-6)8-5-7(12)3-4-9(8)18-2/h3-5H,1-2H3,(H,16,17). The van der Waals surface area contributed by atoms with Gasteiger partial charge in [0.05, 0.1) is 12.8 Å². The van der Waals surface area contributed by atoms with Crippen molar-refractivity contribution in [1.29, 1.82) is 0 Å². The first-order chi connectivity index (χ1) is 8.52. The maximum Gasteiger partial charge on any atom is 0.358 e. The van der Waals surface area contributed by atoms with Gasteiger partial charge in [0.15, 0.2) is 5.69 Å². The lowest BCUT2D eigenvalue weighted by Gasteiger charge is -2.07. The molecule has 0 aliphatic heterocycles. The van der Waals surface area contributed by atoms with Crippen molar-refractivity contribution in [3.8, 4) is 11.4 Å². The first-order valence-corrected chi connectivity index (χ1v) is 5.42. The highest BCUT2D eigenvalue weighted by atomic mass is 35.5. The molecular formula is C11H10ClN3O3. The van der Waals surface area contributed by atoms with Gasteiger partial charge in [-0.3, -0.25) is 0 Å². The number of carbonyl (C=O) groups is 1. The highest BCUT2D eigenvalue weighted by Crippen LogP contribution is 2.25. The summed E-state index contributed by atoms with van der Waals surface area (Å²) in [6.07, 6.45) is 0. The fourth-order valence-corrected chi connectivity index (χ4v) is 1.67. The number of carboxylic acid groups (broad SMARTS) is 1. The molecule has 0 atom stereocenters. The lowest BCUT2D eigenvalue weighted by molar-refractivity contribution is 0.0689. The van der Waals surface area contributed by atoms with Crippen molar-refractivity contribution < 1.29 is 14.6 Å². The Morgan fingerprint density at radius 3 is 2.72 bits per heavy atom. The van der Waals surface area contributed by atoms with Gasteiger partial charge in [0.1, 0.15) is 11.4 Å². The Kier molecular flexibility index (Phi) is 3.20. The molecule has 1 aromatic carbocycles. The molecule has 0 saturated carbocycles. The van der Waals surface area contributed by atoms with Gasteiger partial charge in [-0.15, -0.1) is 9.90 Å². The predicted molar refractivity (Wildman–Crippen MR) is 64.6 cm³/mol. The van der Waals surface area contributed by atoms with Crippen LogP contribution in [0.5, 0.6) is 5.75 Å². The number of hydrogen-bond donors (Lipinski definition) is 1. The van der Waals surface area contributed by atoms with Crippen molar-refractivity contribution in [2.24, 2.45) is 0 Å². The number of aromatic nitrogens is 3. The van der Waals surface area contributed by atoms with Crippen LogP contribution in [0.4, 0.5) is 0 Å². The van der Waals surface area contributed by atoms with E-state index in [-0.39, 0.29) is 5.69 Å². The summed E-state index contributed by atoms with van der Waals surface area (Å²) in [5.74, 6) is -0.619. The van der Waals surface area contributed by atoms with Crippen LogP contribution in [-0.2, 0) is 0 Å². The minimum atomic E-state index is -1.13. The Morgan fingerprint density at radius 1 is 1.44 bits per heavy atom. The average Bonchev–Trinajstić information content (AvgIpc) is 2.71. The maximum atomic E-state index is 10.9. The van der Waals surface area contributed by atoms with E-state index in [1.165, 1.54) is 11.9 Å². The van der Waals surface area contributed by atoms with Crippen LogP contribution < -0.4 is 4.74 Å². The van der Waals surface area contributed by atoms with E-state index in [2.05, 4.69) is 10.2 Å². The summed E-state index contributed by atoms with van der Waals surface area (Å²) in [6.45, 7) is 1.57. The molecule has 0 radical (unpaired) electrons. The van der Waals surface area contributed by atoms with E-state index in [0.29, 0.717) is 22.2 Å². The van der Waals surface area contributed by atoms with Crippen molar-refractivity contribution in [2.75, 3.05) is 7.11 Å². The van der Waals surface area contributed by atoms with E-state index < -0.39 is 5.97 Å². The molecule has 0 aliphatic carbocycles. The minimum absolute atomic E-state index is 0.1000. The summed E-state index contributed by atoms with van der Waals surface area (Å²) in [4.78, 5) is 12.1. The van der Waals surface area contributed by atoms with Crippen molar-refractivity contribution in [1.82, 2.24) is 15.0 Å². The van der Waals surface area contributed by atoms with Crippen LogP contribution >= 0.6 is 11.6 Å². The number of carboxylic acids is 1. The topological polar surface area (TPSA) is 77.2 Å². The Hall–Kier alpha value is -2.08. The monoisotopic (exact) mass is 267 g/mol. The van der Waals surface area contributed by atoms with Crippen molar-refractivity contribution in [2.45, 2.75) is 6.92 Å². The van der Waals surface area contributed by atoms with E-state index in [0.717, 1.165) is 0 Å². The number of aromatic carboxylic acids is 1. The second kappa shape index (κ2) is 4.66. The first-order valence-electron chi connectivity index (χ1n) is 5.04. The SMILES string of the molecule is COc1ccc(Cl)cc1-n1nc(C)c(C(=O)O)n1. The molecule has 0 amide bonds. The lowest BCUT2D eigenvalue weighted by atomic mass is 10.3. The number of aryl methyl sites for hydroxylation is 1. The molecule has 0 spiro atoms. The fourth-order valence-electron chi connectivity index (χ4n) is 1.50. The molecule has 0 aliphatic rings. The smallest absolute Gasteiger partial charge is 0.358 e. The average molecular weight is 268 g/mol. The lowest BCUT2D eigenvalue weighted by Crippen LogP contribution is -2.04. The molecule has 0 fully saturated rings. The Labute approximate surface area is 108 Å². The largest absolute Gasteiger partial charge is 0.494 e. The summed E-state index contributed by atoms with van der Waals surface area (Å²) in [6, 6.07) is 4.93. The van der Waals surface area contributed by atoms with Crippen molar-refractivity contribution in [3.05, 3.63) is 34.6 Å². The number of ether oxygens (including phenoxy) is 1. The quantitative estimate of drug-likeness (QED) is 0.919. The van der Waals surface area contributed by atoms with Crippen LogP contribution in [0.1, 0.15) is 16.2 Å². The van der Waals surface area contributed by atoms with Gasteiger partial charge in [0.2, 0.25) is 0 Å². The van der Waals surface area contributed by atoms with Crippen LogP contribution in [0.2, 0.25) is 5.02 Å². The molecular weight excluding hydrogens is 258 g/mol. The summed E-state index contributed by atoms with van der Waals surface area (Å²) >= 11 is 5.89. The first kappa shape index (κ1) is 12.4. The summed E-state index contributed by atoms with van der Waals surface area (Å²) < 4.78 is 5.16. The zero-order valence-electron chi connectivity index (χ0n) is 9.72. The van der Waals surface area contributed by atoms with Gasteiger partial charge in [0, 0.05) is 5.02 Å². The van der Waals surface area contributed by atoms with Gasteiger partial charge in [0.25, 0.3) is 0 Å². The number of rotatable bonds is 3. The number of benzene rings is 1. The van der Waals surface area contributed by atoms with Crippen LogP contribution in [0, 0.1) is 6.92 Å². The van der Waals surface area contributed by atoms with Crippen molar-refractivity contribution >= 4 is 17.6 Å². The zero-order chi connectivity index (χ0) is 13.3. The predicted octanol–water partition coefficient (Wildman–Crippen LogP) is 1.94. The van der Waals surface area contributed by atoms with Crippen LogP contribution in [0.15, 0.2) is 18.2 Å². The number of methoxy groups -OCH3 is 1. The third-order valence-electron chi connectivity index (χ3n) is 2.34. The van der Waals surface area contributed by atoms with E-state index in [1.54, 1.807) is 25.1 Å².